The molecule has 1 aromatic carbocycles. The van der Waals surface area contributed by atoms with Crippen molar-refractivity contribution in [1.82, 2.24) is 5.32 Å². The molecule has 1 atom stereocenters. The Bertz CT molecular complexity index is 429. The lowest BCUT2D eigenvalue weighted by Gasteiger charge is -2.14. The molecule has 1 aromatic rings. The summed E-state index contributed by atoms with van der Waals surface area (Å²) in [6.07, 6.45) is 7.23. The minimum atomic E-state index is -0.00213. The number of ketones is 1. The van der Waals surface area contributed by atoms with Gasteiger partial charge in [-0.05, 0) is 56.5 Å². The Morgan fingerprint density at radius 2 is 1.84 bits per heavy atom. The molecule has 1 N–H and O–H groups in total. The van der Waals surface area contributed by atoms with Crippen molar-refractivity contribution < 1.29 is 9.53 Å². The number of rotatable bonds is 4. The Morgan fingerprint density at radius 1 is 1.05 bits per heavy atom. The normalized spacial score (nSPS) is 23.7. The summed E-state index contributed by atoms with van der Waals surface area (Å²) < 4.78 is 5.70. The quantitative estimate of drug-likeness (QED) is 0.845. The van der Waals surface area contributed by atoms with Crippen molar-refractivity contribution >= 4 is 5.78 Å². The van der Waals surface area contributed by atoms with E-state index in [2.05, 4.69) is 5.32 Å². The van der Waals surface area contributed by atoms with Crippen molar-refractivity contribution in [3.05, 3.63) is 29.8 Å². The minimum absolute atomic E-state index is 0.00213. The second kappa shape index (κ2) is 5.74. The molecule has 0 bridgehead atoms. The number of hydrogen-bond acceptors (Lipinski definition) is 3. The van der Waals surface area contributed by atoms with Crippen molar-refractivity contribution in [2.24, 2.45) is 0 Å². The van der Waals surface area contributed by atoms with Gasteiger partial charge in [0, 0.05) is 5.56 Å². The molecular formula is C16H21NO2. The van der Waals surface area contributed by atoms with Crippen LogP contribution in [-0.2, 0) is 0 Å². The lowest BCUT2D eigenvalue weighted by molar-refractivity contribution is 0.0940. The molecule has 19 heavy (non-hydrogen) atoms. The van der Waals surface area contributed by atoms with Gasteiger partial charge < -0.3 is 10.1 Å². The number of carbonyl (C=O) groups is 1. The number of carbonyl (C=O) groups excluding carboxylic acids is 1. The average Bonchev–Trinajstić information content (AvgIpc) is 3.25. The van der Waals surface area contributed by atoms with Crippen molar-refractivity contribution in [1.29, 1.82) is 0 Å². The van der Waals surface area contributed by atoms with Gasteiger partial charge in [0.15, 0.2) is 5.78 Å². The van der Waals surface area contributed by atoms with E-state index in [0.717, 1.165) is 43.5 Å². The molecule has 0 amide bonds. The topological polar surface area (TPSA) is 38.3 Å². The van der Waals surface area contributed by atoms with Crippen LogP contribution < -0.4 is 10.1 Å². The molecule has 1 aliphatic carbocycles. The third kappa shape index (κ3) is 3.35. The van der Waals surface area contributed by atoms with Gasteiger partial charge in [0.25, 0.3) is 0 Å². The summed E-state index contributed by atoms with van der Waals surface area (Å²) in [5, 5.41) is 3.36. The van der Waals surface area contributed by atoms with E-state index in [1.54, 1.807) is 0 Å². The molecule has 3 nitrogen and oxygen atoms in total. The number of Topliss-reactive ketones (excluding diaryl/α,β-unsaturated/α-hetero) is 1. The molecule has 0 spiro atoms. The van der Waals surface area contributed by atoms with Crippen LogP contribution in [0, 0.1) is 0 Å². The Labute approximate surface area is 114 Å². The number of hydrogen-bond donors (Lipinski definition) is 1. The molecule has 1 unspecified atom stereocenters. The Balaban J connectivity index is 1.64. The predicted octanol–water partition coefficient (Wildman–Crippen LogP) is 2.94. The summed E-state index contributed by atoms with van der Waals surface area (Å²) in [4.78, 5) is 12.4. The third-order valence-corrected chi connectivity index (χ3v) is 3.84. The lowest BCUT2D eigenvalue weighted by atomic mass is 10.0. The molecular weight excluding hydrogens is 238 g/mol. The first-order valence-electron chi connectivity index (χ1n) is 7.37. The zero-order valence-corrected chi connectivity index (χ0v) is 11.2. The fourth-order valence-electron chi connectivity index (χ4n) is 2.53. The van der Waals surface area contributed by atoms with E-state index < -0.39 is 0 Å². The van der Waals surface area contributed by atoms with Crippen LogP contribution in [0.3, 0.4) is 0 Å². The van der Waals surface area contributed by atoms with Crippen molar-refractivity contribution in [2.75, 3.05) is 6.54 Å². The Hall–Kier alpha value is -1.35. The van der Waals surface area contributed by atoms with Gasteiger partial charge in [0.1, 0.15) is 5.75 Å². The highest BCUT2D eigenvalue weighted by Gasteiger charge is 2.24. The van der Waals surface area contributed by atoms with Gasteiger partial charge in [-0.1, -0.05) is 12.8 Å². The summed E-state index contributed by atoms with van der Waals surface area (Å²) in [5.74, 6) is 1.10. The summed E-state index contributed by atoms with van der Waals surface area (Å²) in [6, 6.07) is 7.63. The third-order valence-electron chi connectivity index (χ3n) is 3.84. The van der Waals surface area contributed by atoms with Crippen molar-refractivity contribution in [3.8, 4) is 5.75 Å². The molecule has 2 aliphatic rings. The molecule has 3 heteroatoms. The van der Waals surface area contributed by atoms with Crippen molar-refractivity contribution in [3.63, 3.8) is 0 Å². The molecule has 0 radical (unpaired) electrons. The van der Waals surface area contributed by atoms with Crippen LogP contribution in [0.4, 0.5) is 0 Å². The van der Waals surface area contributed by atoms with Crippen LogP contribution in [0.5, 0.6) is 5.75 Å². The number of benzene rings is 1. The first-order chi connectivity index (χ1) is 9.33. The van der Waals surface area contributed by atoms with Crippen LogP contribution in [0.1, 0.15) is 48.9 Å². The van der Waals surface area contributed by atoms with Crippen LogP contribution in [0.15, 0.2) is 24.3 Å². The van der Waals surface area contributed by atoms with Gasteiger partial charge >= 0.3 is 0 Å². The molecule has 1 saturated carbocycles. The van der Waals surface area contributed by atoms with Gasteiger partial charge in [0.2, 0.25) is 0 Å². The van der Waals surface area contributed by atoms with Gasteiger partial charge in [-0.25, -0.2) is 0 Å². The van der Waals surface area contributed by atoms with Crippen LogP contribution in [0.2, 0.25) is 0 Å². The number of ether oxygens (including phenoxy) is 1. The maximum atomic E-state index is 12.4. The lowest BCUT2D eigenvalue weighted by Crippen LogP contribution is -2.35. The standard InChI is InChI=1S/C16H21NO2/c18-16(15-4-2-1-3-11-17-15)12-5-7-13(8-6-12)19-14-9-10-14/h5-8,14-15,17H,1-4,9-11H2. The second-order valence-electron chi connectivity index (χ2n) is 5.56. The molecule has 0 aromatic heterocycles. The Kier molecular flexibility index (Phi) is 3.83. The summed E-state index contributed by atoms with van der Waals surface area (Å²) in [6.45, 7) is 0.958. The smallest absolute Gasteiger partial charge is 0.179 e. The van der Waals surface area contributed by atoms with Gasteiger partial charge in [-0.2, -0.15) is 0 Å². The summed E-state index contributed by atoms with van der Waals surface area (Å²) in [5.41, 5.74) is 0.794. The van der Waals surface area contributed by atoms with E-state index in [0.29, 0.717) is 6.10 Å². The maximum Gasteiger partial charge on any atom is 0.179 e. The van der Waals surface area contributed by atoms with Gasteiger partial charge in [-0.3, -0.25) is 4.79 Å². The molecule has 2 fully saturated rings. The van der Waals surface area contributed by atoms with E-state index in [4.69, 9.17) is 4.74 Å². The highest BCUT2D eigenvalue weighted by Crippen LogP contribution is 2.27. The SMILES string of the molecule is O=C(c1ccc(OC2CC2)cc1)C1CCCCCN1. The maximum absolute atomic E-state index is 12.4. The van der Waals surface area contributed by atoms with Crippen LogP contribution in [-0.4, -0.2) is 24.5 Å². The van der Waals surface area contributed by atoms with E-state index in [1.165, 1.54) is 12.8 Å². The van der Waals surface area contributed by atoms with E-state index in [1.807, 2.05) is 24.3 Å². The van der Waals surface area contributed by atoms with E-state index in [-0.39, 0.29) is 11.8 Å². The zero-order valence-electron chi connectivity index (χ0n) is 11.2. The Morgan fingerprint density at radius 3 is 2.58 bits per heavy atom. The first kappa shape index (κ1) is 12.7. The summed E-state index contributed by atoms with van der Waals surface area (Å²) in [7, 11) is 0. The van der Waals surface area contributed by atoms with Crippen LogP contribution >= 0.6 is 0 Å². The molecule has 1 aliphatic heterocycles. The summed E-state index contributed by atoms with van der Waals surface area (Å²) >= 11 is 0. The van der Waals surface area contributed by atoms with Gasteiger partial charge in [0.05, 0.1) is 12.1 Å². The molecule has 1 saturated heterocycles. The largest absolute Gasteiger partial charge is 0.490 e. The minimum Gasteiger partial charge on any atom is -0.490 e. The molecule has 102 valence electrons. The van der Waals surface area contributed by atoms with E-state index >= 15 is 0 Å². The van der Waals surface area contributed by atoms with Gasteiger partial charge in [-0.15, -0.1) is 0 Å². The molecule has 1 heterocycles. The van der Waals surface area contributed by atoms with E-state index in [9.17, 15) is 4.79 Å². The van der Waals surface area contributed by atoms with Crippen LogP contribution in [0.25, 0.3) is 0 Å². The highest BCUT2D eigenvalue weighted by atomic mass is 16.5. The number of nitrogens with one attached hydrogen (secondary N) is 1. The highest BCUT2D eigenvalue weighted by molar-refractivity contribution is 6.00. The molecule has 3 rings (SSSR count). The first-order valence-corrected chi connectivity index (χ1v) is 7.37. The fraction of sp³-hybridized carbons (Fsp3) is 0.562. The average molecular weight is 259 g/mol. The zero-order chi connectivity index (χ0) is 13.1. The van der Waals surface area contributed by atoms with Crippen molar-refractivity contribution in [2.45, 2.75) is 50.7 Å². The monoisotopic (exact) mass is 259 g/mol. The predicted molar refractivity (Wildman–Crippen MR) is 74.7 cm³/mol. The fourth-order valence-corrected chi connectivity index (χ4v) is 2.53. The second-order valence-corrected chi connectivity index (χ2v) is 5.56.